The van der Waals surface area contributed by atoms with Crippen molar-refractivity contribution in [3.8, 4) is 11.5 Å². The van der Waals surface area contributed by atoms with E-state index in [0.29, 0.717) is 12.5 Å². The van der Waals surface area contributed by atoms with Crippen molar-refractivity contribution in [3.63, 3.8) is 0 Å². The Bertz CT molecular complexity index is 705. The highest BCUT2D eigenvalue weighted by molar-refractivity contribution is 5.75. The molecule has 1 aromatic rings. The maximum absolute atomic E-state index is 14.4. The van der Waals surface area contributed by atoms with Gasteiger partial charge in [0.25, 0.3) is 0 Å². The van der Waals surface area contributed by atoms with Crippen molar-refractivity contribution in [3.05, 3.63) is 23.8 Å². The van der Waals surface area contributed by atoms with Gasteiger partial charge in [0.2, 0.25) is 11.6 Å². The van der Waals surface area contributed by atoms with Crippen LogP contribution in [0.3, 0.4) is 0 Å². The van der Waals surface area contributed by atoms with Crippen LogP contribution >= 0.6 is 0 Å². The molecule has 0 aliphatic heterocycles. The van der Waals surface area contributed by atoms with Gasteiger partial charge in [-0.1, -0.05) is 46.0 Å². The normalized spacial score (nSPS) is 26.5. The highest BCUT2D eigenvalue weighted by atomic mass is 19.2. The molecule has 0 radical (unpaired) electrons. The van der Waals surface area contributed by atoms with Crippen LogP contribution in [0.2, 0.25) is 0 Å². The van der Waals surface area contributed by atoms with E-state index in [1.54, 1.807) is 0 Å². The third-order valence-corrected chi connectivity index (χ3v) is 7.34. The SMILES string of the molecule is CCCCOc1ccc(OC(=O)[C@H]2CC[C@H]([C@H]3CC[C@H](CCC)CC3)CC2)c(F)c1F. The lowest BCUT2D eigenvalue weighted by atomic mass is 9.69. The smallest absolute Gasteiger partial charge is 0.314 e. The standard InChI is InChI=1S/C26H38F2O3/c1-3-5-17-30-22-15-16-23(25(28)24(22)27)31-26(29)21-13-11-20(12-14-21)19-9-7-18(6-4-2)8-10-19/h15-16,18-21H,3-14,17H2,1-2H3/t18-,19-,20-,21-. The molecule has 0 heterocycles. The Morgan fingerprint density at radius 1 is 0.871 bits per heavy atom. The number of carbonyl (C=O) groups is 1. The van der Waals surface area contributed by atoms with Gasteiger partial charge >= 0.3 is 5.97 Å². The fourth-order valence-electron chi connectivity index (χ4n) is 5.41. The fraction of sp³-hybridized carbons (Fsp3) is 0.731. The second-order valence-corrected chi connectivity index (χ2v) is 9.49. The third kappa shape index (κ3) is 6.43. The van der Waals surface area contributed by atoms with E-state index >= 15 is 0 Å². The van der Waals surface area contributed by atoms with Crippen molar-refractivity contribution in [1.82, 2.24) is 0 Å². The third-order valence-electron chi connectivity index (χ3n) is 7.34. The van der Waals surface area contributed by atoms with Gasteiger partial charge in [-0.05, 0) is 74.8 Å². The summed E-state index contributed by atoms with van der Waals surface area (Å²) in [5.41, 5.74) is 0. The number of rotatable bonds is 9. The Kier molecular flexibility index (Phi) is 9.15. The van der Waals surface area contributed by atoms with Crippen molar-refractivity contribution >= 4 is 5.97 Å². The van der Waals surface area contributed by atoms with Crippen LogP contribution in [-0.4, -0.2) is 12.6 Å². The first kappa shape index (κ1) is 24.0. The molecule has 0 unspecified atom stereocenters. The number of ether oxygens (including phenoxy) is 2. The summed E-state index contributed by atoms with van der Waals surface area (Å²) >= 11 is 0. The van der Waals surface area contributed by atoms with E-state index in [4.69, 9.17) is 9.47 Å². The lowest BCUT2D eigenvalue weighted by Gasteiger charge is -2.37. The predicted molar refractivity (Wildman–Crippen MR) is 118 cm³/mol. The van der Waals surface area contributed by atoms with E-state index in [9.17, 15) is 13.6 Å². The van der Waals surface area contributed by atoms with Gasteiger partial charge in [-0.15, -0.1) is 0 Å². The van der Waals surface area contributed by atoms with E-state index in [0.717, 1.165) is 50.4 Å². The fourth-order valence-corrected chi connectivity index (χ4v) is 5.41. The van der Waals surface area contributed by atoms with Crippen molar-refractivity contribution in [2.75, 3.05) is 6.61 Å². The molecule has 2 aliphatic rings. The second kappa shape index (κ2) is 11.8. The van der Waals surface area contributed by atoms with Crippen molar-refractivity contribution in [2.45, 2.75) is 90.9 Å². The first-order valence-electron chi connectivity index (χ1n) is 12.4. The molecule has 1 aromatic carbocycles. The average Bonchev–Trinajstić information content (AvgIpc) is 2.79. The topological polar surface area (TPSA) is 35.5 Å². The highest BCUT2D eigenvalue weighted by Crippen LogP contribution is 2.42. The minimum atomic E-state index is -1.15. The summed E-state index contributed by atoms with van der Waals surface area (Å²) in [6.45, 7) is 4.59. The number of hydrogen-bond acceptors (Lipinski definition) is 3. The number of esters is 1. The van der Waals surface area contributed by atoms with Crippen LogP contribution in [0.5, 0.6) is 11.5 Å². The molecule has 3 rings (SSSR count). The minimum absolute atomic E-state index is 0.139. The van der Waals surface area contributed by atoms with Crippen LogP contribution in [0.15, 0.2) is 12.1 Å². The summed E-state index contributed by atoms with van der Waals surface area (Å²) in [5.74, 6) is -1.01. The van der Waals surface area contributed by atoms with Crippen molar-refractivity contribution < 1.29 is 23.0 Å². The molecule has 0 saturated heterocycles. The van der Waals surface area contributed by atoms with E-state index in [-0.39, 0.29) is 17.4 Å². The van der Waals surface area contributed by atoms with Crippen LogP contribution in [-0.2, 0) is 4.79 Å². The van der Waals surface area contributed by atoms with Crippen LogP contribution in [0.25, 0.3) is 0 Å². The van der Waals surface area contributed by atoms with Gasteiger partial charge in [-0.25, -0.2) is 0 Å². The Hall–Kier alpha value is -1.65. The Balaban J connectivity index is 1.47. The number of benzene rings is 1. The molecule has 0 aromatic heterocycles. The molecular formula is C26H38F2O3. The minimum Gasteiger partial charge on any atom is -0.490 e. The summed E-state index contributed by atoms with van der Waals surface area (Å²) < 4.78 is 39.1. The summed E-state index contributed by atoms with van der Waals surface area (Å²) in [5, 5.41) is 0. The molecule has 0 amide bonds. The molecule has 0 bridgehead atoms. The molecule has 174 valence electrons. The number of carbonyl (C=O) groups excluding carboxylic acids is 1. The van der Waals surface area contributed by atoms with Crippen molar-refractivity contribution in [1.29, 1.82) is 0 Å². The monoisotopic (exact) mass is 436 g/mol. The van der Waals surface area contributed by atoms with Gasteiger partial charge in [0, 0.05) is 0 Å². The summed E-state index contributed by atoms with van der Waals surface area (Å²) in [7, 11) is 0. The lowest BCUT2D eigenvalue weighted by molar-refractivity contribution is -0.140. The largest absolute Gasteiger partial charge is 0.490 e. The van der Waals surface area contributed by atoms with Gasteiger partial charge in [0.15, 0.2) is 11.5 Å². The number of unbranched alkanes of at least 4 members (excludes halogenated alkanes) is 1. The van der Waals surface area contributed by atoms with Crippen LogP contribution < -0.4 is 9.47 Å². The molecule has 3 nitrogen and oxygen atoms in total. The van der Waals surface area contributed by atoms with E-state index in [1.165, 1.54) is 50.7 Å². The highest BCUT2D eigenvalue weighted by Gasteiger charge is 2.34. The maximum Gasteiger partial charge on any atom is 0.314 e. The van der Waals surface area contributed by atoms with E-state index < -0.39 is 17.6 Å². The van der Waals surface area contributed by atoms with Gasteiger partial charge in [-0.2, -0.15) is 8.78 Å². The molecule has 31 heavy (non-hydrogen) atoms. The van der Waals surface area contributed by atoms with Gasteiger partial charge < -0.3 is 9.47 Å². The number of halogens is 2. The zero-order chi connectivity index (χ0) is 22.2. The second-order valence-electron chi connectivity index (χ2n) is 9.49. The van der Waals surface area contributed by atoms with Gasteiger partial charge in [-0.3, -0.25) is 4.79 Å². The molecule has 2 fully saturated rings. The molecule has 0 atom stereocenters. The van der Waals surface area contributed by atoms with Crippen LogP contribution in [0, 0.1) is 35.3 Å². The zero-order valence-electron chi connectivity index (χ0n) is 19.1. The molecule has 2 aliphatic carbocycles. The quantitative estimate of drug-likeness (QED) is 0.229. The Labute approximate surface area is 185 Å². The first-order chi connectivity index (χ1) is 15.0. The maximum atomic E-state index is 14.4. The van der Waals surface area contributed by atoms with Crippen LogP contribution in [0.1, 0.15) is 90.9 Å². The van der Waals surface area contributed by atoms with Crippen LogP contribution in [0.4, 0.5) is 8.78 Å². The van der Waals surface area contributed by atoms with E-state index in [1.807, 2.05) is 6.92 Å². The average molecular weight is 437 g/mol. The molecule has 0 N–H and O–H groups in total. The molecule has 2 saturated carbocycles. The zero-order valence-corrected chi connectivity index (χ0v) is 19.1. The van der Waals surface area contributed by atoms with Crippen molar-refractivity contribution in [2.24, 2.45) is 23.7 Å². The Morgan fingerprint density at radius 2 is 1.45 bits per heavy atom. The molecule has 0 spiro atoms. The Morgan fingerprint density at radius 3 is 2.06 bits per heavy atom. The summed E-state index contributed by atoms with van der Waals surface area (Å²) in [6, 6.07) is 2.63. The first-order valence-corrected chi connectivity index (χ1v) is 12.4. The lowest BCUT2D eigenvalue weighted by Crippen LogP contribution is -2.30. The van der Waals surface area contributed by atoms with Gasteiger partial charge in [0.1, 0.15) is 0 Å². The number of hydrogen-bond donors (Lipinski definition) is 0. The van der Waals surface area contributed by atoms with E-state index in [2.05, 4.69) is 6.92 Å². The molecular weight excluding hydrogens is 398 g/mol. The molecule has 5 heteroatoms. The predicted octanol–water partition coefficient (Wildman–Crippen LogP) is 7.46. The van der Waals surface area contributed by atoms with Gasteiger partial charge in [0.05, 0.1) is 12.5 Å². The summed E-state index contributed by atoms with van der Waals surface area (Å²) in [4.78, 5) is 12.6. The summed E-state index contributed by atoms with van der Waals surface area (Å²) in [6.07, 6.45) is 13.3.